The van der Waals surface area contributed by atoms with E-state index in [4.69, 9.17) is 0 Å². The quantitative estimate of drug-likeness (QED) is 0.349. The van der Waals surface area contributed by atoms with Crippen LogP contribution in [0.2, 0.25) is 0 Å². The van der Waals surface area contributed by atoms with Crippen molar-refractivity contribution in [2.45, 2.75) is 25.7 Å². The van der Waals surface area contributed by atoms with Crippen LogP contribution in [0, 0.1) is 10.1 Å². The smallest absolute Gasteiger partial charge is 0.269 e. The van der Waals surface area contributed by atoms with Gasteiger partial charge in [-0.3, -0.25) is 14.9 Å². The van der Waals surface area contributed by atoms with Crippen LogP contribution in [0.3, 0.4) is 0 Å². The van der Waals surface area contributed by atoms with Gasteiger partial charge in [-0.25, -0.2) is 0 Å². The van der Waals surface area contributed by atoms with Crippen molar-refractivity contribution in [3.63, 3.8) is 0 Å². The number of nitro benzene ring substituents is 1. The molecule has 0 aliphatic heterocycles. The zero-order valence-corrected chi connectivity index (χ0v) is 10.3. The lowest BCUT2D eigenvalue weighted by Crippen LogP contribution is -1.92. The third-order valence-electron chi connectivity index (χ3n) is 2.21. The monoisotopic (exact) mass is 285 g/mol. The van der Waals surface area contributed by atoms with E-state index in [0.717, 1.165) is 24.8 Å². The van der Waals surface area contributed by atoms with Crippen molar-refractivity contribution in [2.75, 3.05) is 0 Å². The van der Waals surface area contributed by atoms with Gasteiger partial charge in [0.05, 0.1) is 4.92 Å². The van der Waals surface area contributed by atoms with E-state index in [0.29, 0.717) is 6.42 Å². The molecule has 0 spiro atoms. The fraction of sp³-hybridized carbons (Fsp3) is 0.364. The molecule has 1 aromatic rings. The lowest BCUT2D eigenvalue weighted by atomic mass is 10.1. The summed E-state index contributed by atoms with van der Waals surface area (Å²) in [7, 11) is 0. The second kappa shape index (κ2) is 6.37. The van der Waals surface area contributed by atoms with Crippen molar-refractivity contribution in [1.29, 1.82) is 0 Å². The maximum atomic E-state index is 10.6. The summed E-state index contributed by atoms with van der Waals surface area (Å²) in [5.41, 5.74) is 1.06. The predicted molar refractivity (Wildman–Crippen MR) is 64.6 cm³/mol. The molecular weight excluding hydrogens is 274 g/mol. The Morgan fingerprint density at radius 1 is 1.38 bits per heavy atom. The molecule has 5 heteroatoms. The maximum absolute atomic E-state index is 10.6. The van der Waals surface area contributed by atoms with Crippen LogP contribution < -0.4 is 0 Å². The van der Waals surface area contributed by atoms with Crippen LogP contribution in [0.15, 0.2) is 24.3 Å². The molecule has 0 saturated heterocycles. The molecule has 0 radical (unpaired) electrons. The maximum Gasteiger partial charge on any atom is 0.269 e. The summed E-state index contributed by atoms with van der Waals surface area (Å²) in [4.78, 5) is 20.8. The first-order valence-corrected chi connectivity index (χ1v) is 5.80. The van der Waals surface area contributed by atoms with Crippen molar-refractivity contribution >= 4 is 26.3 Å². The SMILES string of the molecule is O=C(Br)CCCCc1cccc([N+](=O)[O-])c1. The van der Waals surface area contributed by atoms with E-state index < -0.39 is 4.92 Å². The molecule has 1 aromatic carbocycles. The van der Waals surface area contributed by atoms with E-state index in [1.165, 1.54) is 6.07 Å². The Bertz CT molecular complexity index is 393. The zero-order valence-electron chi connectivity index (χ0n) is 8.69. The molecule has 0 aliphatic carbocycles. The highest BCUT2D eigenvalue weighted by atomic mass is 79.9. The molecule has 4 nitrogen and oxygen atoms in total. The number of benzene rings is 1. The Kier molecular flexibility index (Phi) is 5.11. The molecule has 0 bridgehead atoms. The Balaban J connectivity index is 2.45. The normalized spacial score (nSPS) is 10.1. The number of carbonyl (C=O) groups excluding carboxylic acids is 1. The van der Waals surface area contributed by atoms with Gasteiger partial charge in [0.15, 0.2) is 4.69 Å². The van der Waals surface area contributed by atoms with E-state index in [2.05, 4.69) is 15.9 Å². The van der Waals surface area contributed by atoms with Gasteiger partial charge in [0, 0.05) is 18.6 Å². The van der Waals surface area contributed by atoms with E-state index in [-0.39, 0.29) is 10.4 Å². The average Bonchev–Trinajstić information content (AvgIpc) is 2.24. The minimum Gasteiger partial charge on any atom is -0.287 e. The number of carbonyl (C=O) groups is 1. The summed E-state index contributed by atoms with van der Waals surface area (Å²) < 4.78 is 0.00606. The lowest BCUT2D eigenvalue weighted by Gasteiger charge is -2.00. The van der Waals surface area contributed by atoms with Gasteiger partial charge in [0.2, 0.25) is 0 Å². The van der Waals surface area contributed by atoms with Gasteiger partial charge >= 0.3 is 0 Å². The fourth-order valence-electron chi connectivity index (χ4n) is 1.42. The minimum atomic E-state index is -0.397. The minimum absolute atomic E-state index is 0.00606. The predicted octanol–water partition coefficient (Wildman–Crippen LogP) is 3.23. The molecule has 0 atom stereocenters. The van der Waals surface area contributed by atoms with Crippen molar-refractivity contribution in [1.82, 2.24) is 0 Å². The molecule has 0 N–H and O–H groups in total. The van der Waals surface area contributed by atoms with E-state index >= 15 is 0 Å². The molecule has 0 aliphatic rings. The van der Waals surface area contributed by atoms with Crippen molar-refractivity contribution < 1.29 is 9.72 Å². The topological polar surface area (TPSA) is 60.2 Å². The molecule has 0 amide bonds. The van der Waals surface area contributed by atoms with Crippen molar-refractivity contribution in [3.8, 4) is 0 Å². The number of non-ortho nitro benzene ring substituents is 1. The first-order chi connectivity index (χ1) is 7.59. The fourth-order valence-corrected chi connectivity index (χ4v) is 1.70. The summed E-state index contributed by atoms with van der Waals surface area (Å²) in [6, 6.07) is 6.60. The summed E-state index contributed by atoms with van der Waals surface area (Å²) in [5, 5.41) is 10.5. The van der Waals surface area contributed by atoms with E-state index in [9.17, 15) is 14.9 Å². The third-order valence-corrected chi connectivity index (χ3v) is 2.61. The zero-order chi connectivity index (χ0) is 12.0. The molecule has 0 aromatic heterocycles. The van der Waals surface area contributed by atoms with Crippen LogP contribution in [0.4, 0.5) is 5.69 Å². The van der Waals surface area contributed by atoms with Gasteiger partial charge in [-0.15, -0.1) is 0 Å². The molecule has 0 fully saturated rings. The average molecular weight is 286 g/mol. The molecule has 16 heavy (non-hydrogen) atoms. The first kappa shape index (κ1) is 12.8. The lowest BCUT2D eigenvalue weighted by molar-refractivity contribution is -0.384. The number of halogens is 1. The second-order valence-corrected chi connectivity index (χ2v) is 4.37. The van der Waals surface area contributed by atoms with Crippen LogP contribution in [0.25, 0.3) is 0 Å². The van der Waals surface area contributed by atoms with Gasteiger partial charge in [-0.1, -0.05) is 12.1 Å². The van der Waals surface area contributed by atoms with Crippen molar-refractivity contribution in [3.05, 3.63) is 39.9 Å². The Hall–Kier alpha value is -1.23. The van der Waals surface area contributed by atoms with Gasteiger partial charge in [-0.2, -0.15) is 0 Å². The number of hydrogen-bond donors (Lipinski definition) is 0. The number of rotatable bonds is 6. The Labute approximate surface area is 102 Å². The van der Waals surface area contributed by atoms with Crippen molar-refractivity contribution in [2.24, 2.45) is 0 Å². The van der Waals surface area contributed by atoms with E-state index in [1.54, 1.807) is 12.1 Å². The number of hydrogen-bond acceptors (Lipinski definition) is 3. The molecule has 0 saturated carbocycles. The highest BCUT2D eigenvalue weighted by Gasteiger charge is 2.05. The molecular formula is C11H12BrNO3. The largest absolute Gasteiger partial charge is 0.287 e. The Morgan fingerprint density at radius 3 is 2.75 bits per heavy atom. The standard InChI is InChI=1S/C11H12BrNO3/c12-11(14)7-2-1-4-9-5-3-6-10(8-9)13(15)16/h3,5-6,8H,1-2,4,7H2. The number of nitrogens with zero attached hydrogens (tertiary/aromatic N) is 1. The van der Waals surface area contributed by atoms with Gasteiger partial charge < -0.3 is 0 Å². The molecule has 86 valence electrons. The van der Waals surface area contributed by atoms with Crippen LogP contribution in [-0.4, -0.2) is 9.62 Å². The van der Waals surface area contributed by atoms with Crippen LogP contribution in [-0.2, 0) is 11.2 Å². The van der Waals surface area contributed by atoms with E-state index in [1.807, 2.05) is 6.07 Å². The molecule has 1 rings (SSSR count). The number of unbranched alkanes of at least 4 members (excludes halogenated alkanes) is 1. The highest BCUT2D eigenvalue weighted by Crippen LogP contribution is 2.15. The molecule has 0 unspecified atom stereocenters. The third kappa shape index (κ3) is 4.53. The van der Waals surface area contributed by atoms with Gasteiger partial charge in [0.25, 0.3) is 5.69 Å². The summed E-state index contributed by atoms with van der Waals surface area (Å²) in [6.07, 6.45) is 2.93. The first-order valence-electron chi connectivity index (χ1n) is 5.01. The van der Waals surface area contributed by atoms with Crippen LogP contribution >= 0.6 is 15.9 Å². The summed E-state index contributed by atoms with van der Waals surface area (Å²) >= 11 is 2.86. The van der Waals surface area contributed by atoms with Crippen LogP contribution in [0.5, 0.6) is 0 Å². The second-order valence-electron chi connectivity index (χ2n) is 3.49. The Morgan fingerprint density at radius 2 is 2.12 bits per heavy atom. The van der Waals surface area contributed by atoms with Gasteiger partial charge in [0.1, 0.15) is 0 Å². The molecule has 0 heterocycles. The summed E-state index contributed by atoms with van der Waals surface area (Å²) in [5.74, 6) is 0. The summed E-state index contributed by atoms with van der Waals surface area (Å²) in [6.45, 7) is 0. The number of nitro groups is 1. The highest BCUT2D eigenvalue weighted by molar-refractivity contribution is 9.18. The van der Waals surface area contributed by atoms with Crippen LogP contribution in [0.1, 0.15) is 24.8 Å². The number of aryl methyl sites for hydroxylation is 1. The van der Waals surface area contributed by atoms with Gasteiger partial charge in [-0.05, 0) is 40.8 Å².